The van der Waals surface area contributed by atoms with Crippen molar-refractivity contribution in [2.24, 2.45) is 0 Å². The third-order valence-corrected chi connectivity index (χ3v) is 2.56. The minimum absolute atomic E-state index is 0.713. The lowest BCUT2D eigenvalue weighted by molar-refractivity contribution is 0.171. The van der Waals surface area contributed by atoms with Gasteiger partial charge in [0.25, 0.3) is 0 Å². The van der Waals surface area contributed by atoms with E-state index in [0.29, 0.717) is 6.61 Å². The van der Waals surface area contributed by atoms with Gasteiger partial charge in [0.15, 0.2) is 0 Å². The van der Waals surface area contributed by atoms with Gasteiger partial charge in [-0.15, -0.1) is 0 Å². The zero-order valence-corrected chi connectivity index (χ0v) is 10.7. The van der Waals surface area contributed by atoms with E-state index in [9.17, 15) is 0 Å². The number of methoxy groups -OCH3 is 1. The van der Waals surface area contributed by atoms with Gasteiger partial charge in [-0.1, -0.05) is 19.1 Å². The highest BCUT2D eigenvalue weighted by Gasteiger charge is 2.05. The van der Waals surface area contributed by atoms with Gasteiger partial charge < -0.3 is 9.47 Å². The maximum Gasteiger partial charge on any atom is 0.125 e. The Hall–Kier alpha value is -1.02. The highest BCUT2D eigenvalue weighted by atomic mass is 16.5. The number of aryl methyl sites for hydroxylation is 2. The molecule has 0 aliphatic heterocycles. The molecule has 0 aliphatic rings. The van der Waals surface area contributed by atoms with E-state index in [4.69, 9.17) is 9.47 Å². The molecule has 0 saturated heterocycles. The molecule has 0 spiro atoms. The fourth-order valence-electron chi connectivity index (χ4n) is 1.76. The van der Waals surface area contributed by atoms with Gasteiger partial charge in [-0.3, -0.25) is 0 Å². The van der Waals surface area contributed by atoms with Crippen molar-refractivity contribution in [1.29, 1.82) is 0 Å². The number of benzene rings is 1. The van der Waals surface area contributed by atoms with Crippen LogP contribution < -0.4 is 4.74 Å². The SMILES string of the molecule is C[CH]c1cc(C)c(OCCCOC)c(C)c1. The Kier molecular flexibility index (Phi) is 5.33. The van der Waals surface area contributed by atoms with Crippen LogP contribution in [-0.4, -0.2) is 20.3 Å². The summed E-state index contributed by atoms with van der Waals surface area (Å²) < 4.78 is 10.8. The highest BCUT2D eigenvalue weighted by Crippen LogP contribution is 2.25. The molecule has 1 aromatic rings. The number of rotatable bonds is 6. The van der Waals surface area contributed by atoms with E-state index in [2.05, 4.69) is 32.4 Å². The number of hydrogen-bond acceptors (Lipinski definition) is 2. The lowest BCUT2D eigenvalue weighted by Crippen LogP contribution is -2.04. The molecule has 2 heteroatoms. The normalized spacial score (nSPS) is 10.5. The molecule has 1 radical (unpaired) electrons. The minimum Gasteiger partial charge on any atom is -0.493 e. The zero-order valence-electron chi connectivity index (χ0n) is 10.7. The third-order valence-electron chi connectivity index (χ3n) is 2.56. The summed E-state index contributed by atoms with van der Waals surface area (Å²) in [5.41, 5.74) is 3.65. The molecule has 0 fully saturated rings. The molecule has 0 aromatic heterocycles. The van der Waals surface area contributed by atoms with Crippen molar-refractivity contribution in [3.63, 3.8) is 0 Å². The zero-order chi connectivity index (χ0) is 12.0. The molecule has 89 valence electrons. The molecule has 0 saturated carbocycles. The van der Waals surface area contributed by atoms with E-state index in [1.54, 1.807) is 7.11 Å². The summed E-state index contributed by atoms with van der Waals surface area (Å²) in [6.45, 7) is 7.69. The smallest absolute Gasteiger partial charge is 0.125 e. The van der Waals surface area contributed by atoms with Gasteiger partial charge in [0.1, 0.15) is 5.75 Å². The molecule has 0 N–H and O–H groups in total. The second-order valence-corrected chi connectivity index (χ2v) is 3.97. The number of ether oxygens (including phenoxy) is 2. The Labute approximate surface area is 98.6 Å². The van der Waals surface area contributed by atoms with Gasteiger partial charge in [0.2, 0.25) is 0 Å². The average molecular weight is 221 g/mol. The van der Waals surface area contributed by atoms with Crippen molar-refractivity contribution in [3.8, 4) is 5.75 Å². The van der Waals surface area contributed by atoms with Crippen LogP contribution in [0.1, 0.15) is 30.0 Å². The molecule has 0 unspecified atom stereocenters. The van der Waals surface area contributed by atoms with Crippen LogP contribution >= 0.6 is 0 Å². The Morgan fingerprint density at radius 2 is 1.75 bits per heavy atom. The molecule has 0 atom stereocenters. The van der Waals surface area contributed by atoms with Gasteiger partial charge in [-0.2, -0.15) is 0 Å². The van der Waals surface area contributed by atoms with E-state index in [1.807, 2.05) is 6.92 Å². The fraction of sp³-hybridized carbons (Fsp3) is 0.500. The van der Waals surface area contributed by atoms with Crippen molar-refractivity contribution >= 4 is 0 Å². The Morgan fingerprint density at radius 3 is 2.25 bits per heavy atom. The lowest BCUT2D eigenvalue weighted by atomic mass is 10.0. The minimum atomic E-state index is 0.713. The first-order valence-corrected chi connectivity index (χ1v) is 5.71. The molecule has 1 aromatic carbocycles. The van der Waals surface area contributed by atoms with Crippen molar-refractivity contribution in [3.05, 3.63) is 35.2 Å². The van der Waals surface area contributed by atoms with Gasteiger partial charge in [-0.25, -0.2) is 0 Å². The van der Waals surface area contributed by atoms with E-state index in [0.717, 1.165) is 18.8 Å². The quantitative estimate of drug-likeness (QED) is 0.686. The topological polar surface area (TPSA) is 18.5 Å². The number of hydrogen-bond donors (Lipinski definition) is 0. The van der Waals surface area contributed by atoms with Crippen LogP contribution in [0.3, 0.4) is 0 Å². The van der Waals surface area contributed by atoms with Gasteiger partial charge in [0.05, 0.1) is 6.61 Å². The Morgan fingerprint density at radius 1 is 1.12 bits per heavy atom. The summed E-state index contributed by atoms with van der Waals surface area (Å²) in [6, 6.07) is 4.30. The predicted octanol–water partition coefficient (Wildman–Crippen LogP) is 3.29. The van der Waals surface area contributed by atoms with E-state index in [1.165, 1.54) is 16.7 Å². The van der Waals surface area contributed by atoms with Crippen molar-refractivity contribution in [2.45, 2.75) is 27.2 Å². The van der Waals surface area contributed by atoms with Gasteiger partial charge in [0, 0.05) is 20.1 Å². The molecule has 1 rings (SSSR count). The fourth-order valence-corrected chi connectivity index (χ4v) is 1.76. The summed E-state index contributed by atoms with van der Waals surface area (Å²) in [4.78, 5) is 0. The summed E-state index contributed by atoms with van der Waals surface area (Å²) >= 11 is 0. The lowest BCUT2D eigenvalue weighted by Gasteiger charge is -2.13. The molecular formula is C14H21O2. The Bertz CT molecular complexity index is 309. The van der Waals surface area contributed by atoms with E-state index in [-0.39, 0.29) is 0 Å². The molecule has 16 heavy (non-hydrogen) atoms. The van der Waals surface area contributed by atoms with Crippen LogP contribution in [0.2, 0.25) is 0 Å². The van der Waals surface area contributed by atoms with Gasteiger partial charge >= 0.3 is 0 Å². The molecule has 0 aliphatic carbocycles. The molecule has 0 bridgehead atoms. The maximum absolute atomic E-state index is 5.78. The third kappa shape index (κ3) is 3.53. The maximum atomic E-state index is 5.78. The monoisotopic (exact) mass is 221 g/mol. The summed E-state index contributed by atoms with van der Waals surface area (Å²) in [6.07, 6.45) is 3.03. The molecule has 0 heterocycles. The largest absolute Gasteiger partial charge is 0.493 e. The van der Waals surface area contributed by atoms with Crippen LogP contribution in [0.5, 0.6) is 5.75 Å². The highest BCUT2D eigenvalue weighted by molar-refractivity contribution is 5.45. The first kappa shape index (κ1) is 13.0. The van der Waals surface area contributed by atoms with Crippen LogP contribution in [0, 0.1) is 20.3 Å². The van der Waals surface area contributed by atoms with Crippen LogP contribution in [0.4, 0.5) is 0 Å². The molecule has 0 amide bonds. The van der Waals surface area contributed by atoms with Crippen LogP contribution in [0.25, 0.3) is 0 Å². The molecular weight excluding hydrogens is 200 g/mol. The summed E-state index contributed by atoms with van der Waals surface area (Å²) in [7, 11) is 1.71. The standard InChI is InChI=1S/C14H21O2/c1-5-13-9-11(2)14(12(3)10-13)16-8-6-7-15-4/h5,9-10H,6-8H2,1-4H3. The summed E-state index contributed by atoms with van der Waals surface area (Å²) in [5.74, 6) is 1.02. The average Bonchev–Trinajstić information content (AvgIpc) is 2.26. The summed E-state index contributed by atoms with van der Waals surface area (Å²) in [5, 5.41) is 0. The van der Waals surface area contributed by atoms with Crippen LogP contribution in [-0.2, 0) is 4.74 Å². The van der Waals surface area contributed by atoms with Crippen molar-refractivity contribution in [1.82, 2.24) is 0 Å². The van der Waals surface area contributed by atoms with Gasteiger partial charge in [-0.05, 0) is 37.0 Å². The Balaban J connectivity index is 2.65. The van der Waals surface area contributed by atoms with E-state index >= 15 is 0 Å². The predicted molar refractivity (Wildman–Crippen MR) is 67.0 cm³/mol. The first-order chi connectivity index (χ1) is 7.69. The van der Waals surface area contributed by atoms with Crippen molar-refractivity contribution in [2.75, 3.05) is 20.3 Å². The van der Waals surface area contributed by atoms with E-state index < -0.39 is 0 Å². The molecule has 2 nitrogen and oxygen atoms in total. The second-order valence-electron chi connectivity index (χ2n) is 3.97. The first-order valence-electron chi connectivity index (χ1n) is 5.71. The van der Waals surface area contributed by atoms with Crippen LogP contribution in [0.15, 0.2) is 12.1 Å². The van der Waals surface area contributed by atoms with Crippen molar-refractivity contribution < 1.29 is 9.47 Å². The second kappa shape index (κ2) is 6.54.